The monoisotopic (exact) mass is 478 g/mol. The molecule has 1 heterocycles. The molecule has 1 aliphatic heterocycles. The Kier molecular flexibility index (Phi) is 6.35. The number of aliphatic imine (C=N–C) groups is 1. The topological polar surface area (TPSA) is 52.9 Å². The highest BCUT2D eigenvalue weighted by Crippen LogP contribution is 2.35. The molecule has 1 amide bonds. The van der Waals surface area contributed by atoms with Crippen molar-refractivity contribution in [3.63, 3.8) is 0 Å². The van der Waals surface area contributed by atoms with Crippen molar-refractivity contribution in [2.75, 3.05) is 0 Å². The average Bonchev–Trinajstić information content (AvgIpc) is 3.05. The Hall–Kier alpha value is -2.83. The first kappa shape index (κ1) is 20.4. The van der Waals surface area contributed by atoms with Crippen molar-refractivity contribution in [2.45, 2.75) is 13.1 Å². The average molecular weight is 479 g/mol. The molecule has 0 bridgehead atoms. The fourth-order valence-corrected chi connectivity index (χ4v) is 4.40. The smallest absolute Gasteiger partial charge is 0.267 e. The molecule has 0 unspecified atom stereocenters. The number of amides is 1. The minimum absolute atomic E-state index is 0.116. The van der Waals surface area contributed by atoms with Crippen LogP contribution in [0.25, 0.3) is 6.08 Å². The van der Waals surface area contributed by atoms with E-state index in [0.29, 0.717) is 28.7 Å². The van der Waals surface area contributed by atoms with Crippen molar-refractivity contribution in [1.29, 1.82) is 0 Å². The lowest BCUT2D eigenvalue weighted by atomic mass is 10.2. The zero-order chi connectivity index (χ0) is 20.9. The maximum absolute atomic E-state index is 13.2. The number of aromatic hydroxyl groups is 1. The second-order valence-electron chi connectivity index (χ2n) is 6.78. The molecular formula is C24H19BrN2O2S. The van der Waals surface area contributed by atoms with E-state index in [1.165, 1.54) is 11.8 Å². The highest BCUT2D eigenvalue weighted by molar-refractivity contribution is 9.10. The third-order valence-corrected chi connectivity index (χ3v) is 6.13. The van der Waals surface area contributed by atoms with Gasteiger partial charge in [-0.15, -0.1) is 0 Å². The van der Waals surface area contributed by atoms with Crippen molar-refractivity contribution >= 4 is 44.8 Å². The second kappa shape index (κ2) is 9.32. The number of carbonyl (C=O) groups is 1. The third-order valence-electron chi connectivity index (χ3n) is 4.59. The lowest BCUT2D eigenvalue weighted by molar-refractivity contribution is -0.122. The Balaban J connectivity index is 1.66. The quantitative estimate of drug-likeness (QED) is 0.469. The molecule has 1 fully saturated rings. The van der Waals surface area contributed by atoms with Gasteiger partial charge in [-0.2, -0.15) is 0 Å². The Morgan fingerprint density at radius 3 is 2.33 bits per heavy atom. The number of rotatable bonds is 5. The van der Waals surface area contributed by atoms with Crippen LogP contribution in [0.1, 0.15) is 16.7 Å². The van der Waals surface area contributed by atoms with Crippen LogP contribution in [-0.2, 0) is 17.9 Å². The zero-order valence-corrected chi connectivity index (χ0v) is 18.4. The maximum atomic E-state index is 13.2. The fraction of sp³-hybridized carbons (Fsp3) is 0.0833. The summed E-state index contributed by atoms with van der Waals surface area (Å²) in [6, 6.07) is 25.0. The molecule has 1 saturated heterocycles. The van der Waals surface area contributed by atoms with Gasteiger partial charge >= 0.3 is 0 Å². The number of phenols is 1. The number of hydrogen-bond acceptors (Lipinski definition) is 4. The van der Waals surface area contributed by atoms with E-state index < -0.39 is 0 Å². The predicted molar refractivity (Wildman–Crippen MR) is 126 cm³/mol. The number of thioether (sulfide) groups is 1. The van der Waals surface area contributed by atoms with Gasteiger partial charge in [-0.1, -0.05) is 76.6 Å². The van der Waals surface area contributed by atoms with Crippen LogP contribution in [0.2, 0.25) is 0 Å². The van der Waals surface area contributed by atoms with Gasteiger partial charge in [0.25, 0.3) is 5.91 Å². The predicted octanol–water partition coefficient (Wildman–Crippen LogP) is 5.83. The van der Waals surface area contributed by atoms with Gasteiger partial charge in [-0.25, -0.2) is 0 Å². The van der Waals surface area contributed by atoms with Crippen molar-refractivity contribution < 1.29 is 9.90 Å². The summed E-state index contributed by atoms with van der Waals surface area (Å²) in [7, 11) is 0. The van der Waals surface area contributed by atoms with Gasteiger partial charge in [0.2, 0.25) is 0 Å². The molecule has 1 aliphatic rings. The van der Waals surface area contributed by atoms with Crippen LogP contribution in [0, 0.1) is 0 Å². The van der Waals surface area contributed by atoms with Crippen LogP contribution in [0.3, 0.4) is 0 Å². The number of hydrogen-bond donors (Lipinski definition) is 1. The van der Waals surface area contributed by atoms with Gasteiger partial charge in [0.1, 0.15) is 5.75 Å². The Morgan fingerprint density at radius 1 is 0.967 bits per heavy atom. The van der Waals surface area contributed by atoms with Gasteiger partial charge in [-0.05, 0) is 47.2 Å². The van der Waals surface area contributed by atoms with Crippen LogP contribution in [0.5, 0.6) is 5.75 Å². The Bertz CT molecular complexity index is 1110. The molecule has 30 heavy (non-hydrogen) atoms. The number of benzene rings is 3. The molecule has 0 atom stereocenters. The van der Waals surface area contributed by atoms with E-state index in [4.69, 9.17) is 4.99 Å². The van der Waals surface area contributed by atoms with E-state index >= 15 is 0 Å². The first-order chi connectivity index (χ1) is 14.6. The van der Waals surface area contributed by atoms with E-state index in [9.17, 15) is 9.90 Å². The largest absolute Gasteiger partial charge is 0.507 e. The first-order valence-corrected chi connectivity index (χ1v) is 11.0. The van der Waals surface area contributed by atoms with Crippen LogP contribution in [0.15, 0.2) is 93.2 Å². The zero-order valence-electron chi connectivity index (χ0n) is 16.0. The Morgan fingerprint density at radius 2 is 1.63 bits per heavy atom. The van der Waals surface area contributed by atoms with Gasteiger partial charge in [0.05, 0.1) is 18.0 Å². The van der Waals surface area contributed by atoms with Gasteiger partial charge < -0.3 is 5.11 Å². The molecule has 1 N–H and O–H groups in total. The molecule has 6 heteroatoms. The minimum Gasteiger partial charge on any atom is -0.507 e. The van der Waals surface area contributed by atoms with Crippen molar-refractivity contribution in [2.24, 2.45) is 4.99 Å². The number of halogens is 1. The summed E-state index contributed by atoms with van der Waals surface area (Å²) in [4.78, 5) is 20.2. The van der Waals surface area contributed by atoms with Gasteiger partial charge in [0, 0.05) is 10.0 Å². The van der Waals surface area contributed by atoms with Crippen molar-refractivity contribution in [3.05, 3.63) is 105 Å². The van der Waals surface area contributed by atoms with E-state index in [1.54, 1.807) is 29.2 Å². The van der Waals surface area contributed by atoms with Crippen LogP contribution < -0.4 is 0 Å². The molecule has 3 aromatic carbocycles. The SMILES string of the molecule is O=C1/C(=C\c2cc(Br)ccc2O)SC(=NCc2ccccc2)N1Cc1ccccc1. The molecule has 4 rings (SSSR count). The Labute approximate surface area is 188 Å². The normalized spacial score (nSPS) is 16.6. The van der Waals surface area contributed by atoms with Gasteiger partial charge in [-0.3, -0.25) is 14.7 Å². The molecule has 3 aromatic rings. The highest BCUT2D eigenvalue weighted by atomic mass is 79.9. The number of nitrogens with zero attached hydrogens (tertiary/aromatic N) is 2. The lowest BCUT2D eigenvalue weighted by Crippen LogP contribution is -2.28. The minimum atomic E-state index is -0.116. The number of phenolic OH excluding ortho intramolecular Hbond substituents is 1. The third kappa shape index (κ3) is 4.83. The van der Waals surface area contributed by atoms with E-state index in [1.807, 2.05) is 60.7 Å². The molecule has 0 saturated carbocycles. The van der Waals surface area contributed by atoms with Crippen molar-refractivity contribution in [1.82, 2.24) is 4.90 Å². The maximum Gasteiger partial charge on any atom is 0.267 e. The molecule has 0 aliphatic carbocycles. The highest BCUT2D eigenvalue weighted by Gasteiger charge is 2.33. The summed E-state index contributed by atoms with van der Waals surface area (Å²) < 4.78 is 0.835. The van der Waals surface area contributed by atoms with Crippen molar-refractivity contribution in [3.8, 4) is 5.75 Å². The first-order valence-electron chi connectivity index (χ1n) is 9.42. The number of amidine groups is 1. The molecule has 0 spiro atoms. The fourth-order valence-electron chi connectivity index (χ4n) is 3.06. The number of carbonyl (C=O) groups excluding carboxylic acids is 1. The van der Waals surface area contributed by atoms with Crippen LogP contribution in [0.4, 0.5) is 0 Å². The summed E-state index contributed by atoms with van der Waals surface area (Å²) in [5.74, 6) is 0.0124. The summed E-state index contributed by atoms with van der Waals surface area (Å²) >= 11 is 4.75. The van der Waals surface area contributed by atoms with E-state index in [0.717, 1.165) is 15.6 Å². The molecule has 4 nitrogen and oxygen atoms in total. The molecule has 0 radical (unpaired) electrons. The van der Waals surface area contributed by atoms with E-state index in [2.05, 4.69) is 15.9 Å². The van der Waals surface area contributed by atoms with Gasteiger partial charge in [0.15, 0.2) is 5.17 Å². The second-order valence-corrected chi connectivity index (χ2v) is 8.70. The summed E-state index contributed by atoms with van der Waals surface area (Å²) in [5.41, 5.74) is 2.70. The standard InChI is InChI=1S/C24H19BrN2O2S/c25-20-11-12-21(28)19(13-20)14-22-23(29)27(16-18-9-5-2-6-10-18)24(30-22)26-15-17-7-3-1-4-8-17/h1-14,28H,15-16H2/b22-14+,26-24?. The summed E-state index contributed by atoms with van der Waals surface area (Å²) in [6.45, 7) is 0.944. The van der Waals surface area contributed by atoms with Crippen LogP contribution >= 0.6 is 27.7 Å². The lowest BCUT2D eigenvalue weighted by Gasteiger charge is -2.15. The summed E-state index contributed by atoms with van der Waals surface area (Å²) in [5, 5.41) is 10.8. The summed E-state index contributed by atoms with van der Waals surface area (Å²) in [6.07, 6.45) is 1.72. The molecule has 150 valence electrons. The molecular weight excluding hydrogens is 460 g/mol. The van der Waals surface area contributed by atoms with E-state index in [-0.39, 0.29) is 11.7 Å². The van der Waals surface area contributed by atoms with Crippen LogP contribution in [-0.4, -0.2) is 21.1 Å². The molecule has 0 aromatic heterocycles.